The molecule has 1 saturated heterocycles. The van der Waals surface area contributed by atoms with Gasteiger partial charge in [0.2, 0.25) is 11.8 Å². The van der Waals surface area contributed by atoms with Crippen molar-refractivity contribution in [3.8, 4) is 0 Å². The average molecular weight is 495 g/mol. The molecule has 1 aliphatic rings. The van der Waals surface area contributed by atoms with Crippen LogP contribution in [0.3, 0.4) is 0 Å². The first-order chi connectivity index (χ1) is 17.4. The van der Waals surface area contributed by atoms with E-state index in [-0.39, 0.29) is 36.7 Å². The number of hydrogen-bond donors (Lipinski definition) is 3. The summed E-state index contributed by atoms with van der Waals surface area (Å²) in [5, 5.41) is 8.49. The molecule has 1 fully saturated rings. The third-order valence-corrected chi connectivity index (χ3v) is 5.99. The molecule has 0 bridgehead atoms. The summed E-state index contributed by atoms with van der Waals surface area (Å²) in [5.74, 6) is -1.27. The fourth-order valence-corrected chi connectivity index (χ4v) is 3.92. The number of carbonyl (C=O) groups is 4. The molecule has 2 aromatic rings. The second kappa shape index (κ2) is 13.4. The molecular weight excluding hydrogens is 460 g/mol. The van der Waals surface area contributed by atoms with Crippen LogP contribution in [-0.4, -0.2) is 60.9 Å². The van der Waals surface area contributed by atoms with E-state index in [1.54, 1.807) is 29.2 Å². The molecule has 1 aliphatic heterocycles. The lowest BCUT2D eigenvalue weighted by Gasteiger charge is -2.33. The number of nitrogens with one attached hydrogen (secondary N) is 3. The number of benzene rings is 2. The maximum Gasteiger partial charge on any atom is 0.307 e. The minimum atomic E-state index is -0.753. The standard InChI is InChI=1S/C27H34N4O5/c1-3-4-16-36-25(33)17-23-27(35)28-14-15-31(23)18-24(32)30-22-12-10-21(11-13-22)26(34)29-19(2)20-8-6-5-7-9-20/h5-13,19,23H,3-4,14-18H2,1-2H3,(H,28,35)(H,29,34)(H,30,32). The Bertz CT molecular complexity index is 1040. The summed E-state index contributed by atoms with van der Waals surface area (Å²) in [7, 11) is 0. The maximum absolute atomic E-state index is 12.7. The lowest BCUT2D eigenvalue weighted by Crippen LogP contribution is -2.57. The van der Waals surface area contributed by atoms with Crippen LogP contribution in [0.4, 0.5) is 5.69 Å². The van der Waals surface area contributed by atoms with Crippen LogP contribution in [-0.2, 0) is 19.1 Å². The van der Waals surface area contributed by atoms with Gasteiger partial charge in [0.05, 0.1) is 25.6 Å². The fraction of sp³-hybridized carbons (Fsp3) is 0.407. The van der Waals surface area contributed by atoms with E-state index in [0.717, 1.165) is 18.4 Å². The van der Waals surface area contributed by atoms with Crippen LogP contribution in [0.2, 0.25) is 0 Å². The molecule has 3 N–H and O–H groups in total. The van der Waals surface area contributed by atoms with Crippen molar-refractivity contribution in [2.75, 3.05) is 31.6 Å². The minimum absolute atomic E-state index is 0.0445. The van der Waals surface area contributed by atoms with E-state index in [1.165, 1.54) is 0 Å². The largest absolute Gasteiger partial charge is 0.466 e. The fourth-order valence-electron chi connectivity index (χ4n) is 3.92. The molecule has 9 nitrogen and oxygen atoms in total. The molecule has 9 heteroatoms. The highest BCUT2D eigenvalue weighted by Gasteiger charge is 2.33. The van der Waals surface area contributed by atoms with Gasteiger partial charge in [0, 0.05) is 24.3 Å². The molecule has 2 atom stereocenters. The van der Waals surface area contributed by atoms with Crippen molar-refractivity contribution in [3.63, 3.8) is 0 Å². The van der Waals surface area contributed by atoms with Gasteiger partial charge in [0.25, 0.3) is 5.91 Å². The predicted molar refractivity (Wildman–Crippen MR) is 136 cm³/mol. The highest BCUT2D eigenvalue weighted by atomic mass is 16.5. The van der Waals surface area contributed by atoms with Crippen molar-refractivity contribution in [2.45, 2.75) is 45.2 Å². The van der Waals surface area contributed by atoms with E-state index in [1.807, 2.05) is 44.2 Å². The number of carbonyl (C=O) groups excluding carboxylic acids is 4. The Morgan fingerprint density at radius 1 is 1.11 bits per heavy atom. The van der Waals surface area contributed by atoms with Gasteiger partial charge < -0.3 is 20.7 Å². The molecule has 3 rings (SSSR count). The van der Waals surface area contributed by atoms with Crippen LogP contribution in [0.15, 0.2) is 54.6 Å². The molecule has 0 spiro atoms. The zero-order chi connectivity index (χ0) is 25.9. The number of esters is 1. The van der Waals surface area contributed by atoms with Crippen molar-refractivity contribution in [2.24, 2.45) is 0 Å². The second-order valence-electron chi connectivity index (χ2n) is 8.79. The van der Waals surface area contributed by atoms with E-state index < -0.39 is 12.0 Å². The number of rotatable bonds is 11. The first-order valence-corrected chi connectivity index (χ1v) is 12.3. The number of nitrogens with zero attached hydrogens (tertiary/aromatic N) is 1. The summed E-state index contributed by atoms with van der Waals surface area (Å²) < 4.78 is 5.18. The third kappa shape index (κ3) is 7.91. The smallest absolute Gasteiger partial charge is 0.307 e. The number of amides is 3. The zero-order valence-electron chi connectivity index (χ0n) is 20.8. The maximum atomic E-state index is 12.7. The Labute approximate surface area is 211 Å². The van der Waals surface area contributed by atoms with Crippen LogP contribution in [0.5, 0.6) is 0 Å². The second-order valence-corrected chi connectivity index (χ2v) is 8.79. The molecule has 3 amide bonds. The molecule has 0 aromatic heterocycles. The summed E-state index contributed by atoms with van der Waals surface area (Å²) in [5.41, 5.74) is 2.02. The minimum Gasteiger partial charge on any atom is -0.466 e. The molecular formula is C27H34N4O5. The highest BCUT2D eigenvalue weighted by Crippen LogP contribution is 2.15. The van der Waals surface area contributed by atoms with Crippen LogP contribution in [0, 0.1) is 0 Å². The van der Waals surface area contributed by atoms with Gasteiger partial charge in [-0.1, -0.05) is 43.7 Å². The summed E-state index contributed by atoms with van der Waals surface area (Å²) in [4.78, 5) is 51.4. The summed E-state index contributed by atoms with van der Waals surface area (Å²) >= 11 is 0. The summed E-state index contributed by atoms with van der Waals surface area (Å²) in [6, 6.07) is 15.4. The Hall–Kier alpha value is -3.72. The van der Waals surface area contributed by atoms with Crippen molar-refractivity contribution < 1.29 is 23.9 Å². The Kier molecular flexibility index (Phi) is 10.00. The van der Waals surface area contributed by atoms with Crippen LogP contribution >= 0.6 is 0 Å². The topological polar surface area (TPSA) is 117 Å². The normalized spacial score (nSPS) is 16.5. The molecule has 0 saturated carbocycles. The van der Waals surface area contributed by atoms with Crippen molar-refractivity contribution in [1.29, 1.82) is 0 Å². The molecule has 0 aliphatic carbocycles. The predicted octanol–water partition coefficient (Wildman–Crippen LogP) is 2.65. The van der Waals surface area contributed by atoms with Gasteiger partial charge in [-0.25, -0.2) is 0 Å². The number of unbranched alkanes of at least 4 members (excludes halogenated alkanes) is 1. The number of ether oxygens (including phenoxy) is 1. The zero-order valence-corrected chi connectivity index (χ0v) is 20.8. The lowest BCUT2D eigenvalue weighted by molar-refractivity contribution is -0.149. The molecule has 0 radical (unpaired) electrons. The lowest BCUT2D eigenvalue weighted by atomic mass is 10.1. The first-order valence-electron chi connectivity index (χ1n) is 12.3. The van der Waals surface area contributed by atoms with Gasteiger partial charge >= 0.3 is 5.97 Å². The highest BCUT2D eigenvalue weighted by molar-refractivity contribution is 5.96. The quantitative estimate of drug-likeness (QED) is 0.327. The Morgan fingerprint density at radius 2 is 1.83 bits per heavy atom. The van der Waals surface area contributed by atoms with Gasteiger partial charge in [-0.2, -0.15) is 0 Å². The number of anilines is 1. The van der Waals surface area contributed by atoms with Crippen molar-refractivity contribution in [1.82, 2.24) is 15.5 Å². The van der Waals surface area contributed by atoms with Crippen molar-refractivity contribution in [3.05, 3.63) is 65.7 Å². The first kappa shape index (κ1) is 26.9. The van der Waals surface area contributed by atoms with Gasteiger partial charge in [0.1, 0.15) is 6.04 Å². The van der Waals surface area contributed by atoms with Gasteiger partial charge in [0.15, 0.2) is 0 Å². The van der Waals surface area contributed by atoms with Gasteiger partial charge in [-0.3, -0.25) is 24.1 Å². The van der Waals surface area contributed by atoms with Crippen LogP contribution in [0.25, 0.3) is 0 Å². The van der Waals surface area contributed by atoms with Gasteiger partial charge in [-0.05, 0) is 43.2 Å². The Balaban J connectivity index is 1.52. The third-order valence-electron chi connectivity index (χ3n) is 5.99. The Morgan fingerprint density at radius 3 is 2.53 bits per heavy atom. The molecule has 2 unspecified atom stereocenters. The van der Waals surface area contributed by atoms with E-state index >= 15 is 0 Å². The number of piperazine rings is 1. The summed E-state index contributed by atoms with van der Waals surface area (Å²) in [6.07, 6.45) is 1.57. The molecule has 2 aromatic carbocycles. The summed E-state index contributed by atoms with van der Waals surface area (Å²) in [6.45, 7) is 5.04. The average Bonchev–Trinajstić information content (AvgIpc) is 2.87. The van der Waals surface area contributed by atoms with E-state index in [9.17, 15) is 19.2 Å². The molecule has 1 heterocycles. The molecule has 192 valence electrons. The van der Waals surface area contributed by atoms with E-state index in [0.29, 0.717) is 30.9 Å². The monoisotopic (exact) mass is 494 g/mol. The number of hydrogen-bond acceptors (Lipinski definition) is 6. The van der Waals surface area contributed by atoms with E-state index in [4.69, 9.17) is 4.74 Å². The van der Waals surface area contributed by atoms with Gasteiger partial charge in [-0.15, -0.1) is 0 Å². The van der Waals surface area contributed by atoms with Crippen LogP contribution in [0.1, 0.15) is 55.1 Å². The SMILES string of the molecule is CCCCOC(=O)CC1C(=O)NCCN1CC(=O)Nc1ccc(C(=O)NC(C)c2ccccc2)cc1. The van der Waals surface area contributed by atoms with E-state index in [2.05, 4.69) is 16.0 Å². The molecule has 36 heavy (non-hydrogen) atoms. The van der Waals surface area contributed by atoms with Crippen LogP contribution < -0.4 is 16.0 Å². The van der Waals surface area contributed by atoms with Crippen molar-refractivity contribution >= 4 is 29.4 Å².